The van der Waals surface area contributed by atoms with Crippen molar-refractivity contribution in [2.45, 2.75) is 51.0 Å². The zero-order valence-electron chi connectivity index (χ0n) is 16.6. The number of benzene rings is 1. The Morgan fingerprint density at radius 3 is 2.55 bits per heavy atom. The second-order valence-electron chi connectivity index (χ2n) is 7.92. The van der Waals surface area contributed by atoms with Gasteiger partial charge in [0.25, 0.3) is 0 Å². The van der Waals surface area contributed by atoms with Gasteiger partial charge in [0.2, 0.25) is 0 Å². The van der Waals surface area contributed by atoms with Crippen molar-refractivity contribution < 1.29 is 4.74 Å². The minimum absolute atomic E-state index is 0.474. The number of hydrogen-bond donors (Lipinski definition) is 0. The van der Waals surface area contributed by atoms with Crippen molar-refractivity contribution in [2.75, 3.05) is 7.11 Å². The predicted molar refractivity (Wildman–Crippen MR) is 114 cm³/mol. The highest BCUT2D eigenvalue weighted by Gasteiger charge is 2.32. The van der Waals surface area contributed by atoms with Crippen LogP contribution in [-0.4, -0.2) is 37.4 Å². The van der Waals surface area contributed by atoms with E-state index in [2.05, 4.69) is 32.7 Å². The first-order valence-electron chi connectivity index (χ1n) is 10.2. The molecule has 2 aliphatic carbocycles. The molecule has 7 heteroatoms. The number of rotatable bonds is 8. The van der Waals surface area contributed by atoms with Crippen LogP contribution in [0.25, 0.3) is 11.4 Å². The summed E-state index contributed by atoms with van der Waals surface area (Å²) in [5.41, 5.74) is 2.30. The summed E-state index contributed by atoms with van der Waals surface area (Å²) in [5, 5.41) is 4.93. The fourth-order valence-corrected chi connectivity index (χ4v) is 4.07. The molecule has 2 heterocycles. The van der Waals surface area contributed by atoms with E-state index in [-0.39, 0.29) is 0 Å². The largest absolute Gasteiger partial charge is 0.497 e. The maximum atomic E-state index is 5.85. The molecule has 6 nitrogen and oxygen atoms in total. The Labute approximate surface area is 175 Å². The van der Waals surface area contributed by atoms with E-state index in [9.17, 15) is 0 Å². The van der Waals surface area contributed by atoms with E-state index < -0.39 is 0 Å². The van der Waals surface area contributed by atoms with Crippen molar-refractivity contribution >= 4 is 12.2 Å². The topological polar surface area (TPSA) is 48.1 Å². The highest BCUT2D eigenvalue weighted by atomic mass is 32.1. The molecule has 1 aromatic carbocycles. The van der Waals surface area contributed by atoms with Gasteiger partial charge in [-0.1, -0.05) is 12.1 Å². The molecule has 0 aliphatic heterocycles. The molecule has 2 aromatic heterocycles. The van der Waals surface area contributed by atoms with E-state index in [1.54, 1.807) is 13.3 Å². The van der Waals surface area contributed by atoms with E-state index in [0.29, 0.717) is 18.8 Å². The Morgan fingerprint density at radius 2 is 1.93 bits per heavy atom. The van der Waals surface area contributed by atoms with Crippen LogP contribution in [0.5, 0.6) is 5.75 Å². The average Bonchev–Trinajstić information content (AvgIpc) is 3.68. The third-order valence-electron chi connectivity index (χ3n) is 5.63. The molecule has 0 N–H and O–H groups in total. The van der Waals surface area contributed by atoms with E-state index >= 15 is 0 Å². The summed E-state index contributed by atoms with van der Waals surface area (Å²) in [6.07, 6.45) is 8.48. The first-order valence-corrected chi connectivity index (χ1v) is 10.6. The Kier molecular flexibility index (Phi) is 4.93. The molecular formula is C22H25N5OS. The van der Waals surface area contributed by atoms with Gasteiger partial charge in [0.05, 0.1) is 13.8 Å². The third-order valence-corrected chi connectivity index (χ3v) is 6.03. The molecule has 2 fully saturated rings. The second-order valence-corrected chi connectivity index (χ2v) is 8.28. The molecule has 0 spiro atoms. The Balaban J connectivity index is 1.42. The molecule has 0 atom stereocenters. The molecule has 3 aromatic rings. The first-order chi connectivity index (χ1) is 14.2. The van der Waals surface area contributed by atoms with E-state index in [1.807, 2.05) is 29.1 Å². The molecular weight excluding hydrogens is 382 g/mol. The van der Waals surface area contributed by atoms with Crippen molar-refractivity contribution in [2.24, 2.45) is 0 Å². The average molecular weight is 408 g/mol. The van der Waals surface area contributed by atoms with Crippen LogP contribution in [0.2, 0.25) is 0 Å². The molecule has 150 valence electrons. The lowest BCUT2D eigenvalue weighted by atomic mass is 10.2. The van der Waals surface area contributed by atoms with Gasteiger partial charge in [-0.25, -0.2) is 4.68 Å². The summed E-state index contributed by atoms with van der Waals surface area (Å²) in [6, 6.07) is 13.4. The van der Waals surface area contributed by atoms with Gasteiger partial charge >= 0.3 is 0 Å². The first kappa shape index (κ1) is 18.5. The van der Waals surface area contributed by atoms with Crippen LogP contribution in [0, 0.1) is 4.77 Å². The molecule has 2 saturated carbocycles. The summed E-state index contributed by atoms with van der Waals surface area (Å²) >= 11 is 5.85. The lowest BCUT2D eigenvalue weighted by molar-refractivity contribution is 0.186. The Morgan fingerprint density at radius 1 is 1.14 bits per heavy atom. The third kappa shape index (κ3) is 3.97. The van der Waals surface area contributed by atoms with Crippen LogP contribution in [0.4, 0.5) is 0 Å². The molecule has 0 bridgehead atoms. The van der Waals surface area contributed by atoms with Crippen molar-refractivity contribution in [1.82, 2.24) is 24.2 Å². The zero-order valence-corrected chi connectivity index (χ0v) is 17.4. The Bertz CT molecular complexity index is 1040. The summed E-state index contributed by atoms with van der Waals surface area (Å²) in [4.78, 5) is 6.75. The van der Waals surface area contributed by atoms with Gasteiger partial charge in [-0.3, -0.25) is 14.5 Å². The highest BCUT2D eigenvalue weighted by Crippen LogP contribution is 2.38. The van der Waals surface area contributed by atoms with Gasteiger partial charge < -0.3 is 4.74 Å². The summed E-state index contributed by atoms with van der Waals surface area (Å²) < 4.78 is 10.3. The van der Waals surface area contributed by atoms with Crippen molar-refractivity contribution in [3.8, 4) is 17.1 Å². The number of aromatic nitrogens is 4. The van der Waals surface area contributed by atoms with Gasteiger partial charge in [0.1, 0.15) is 5.75 Å². The predicted octanol–water partition coefficient (Wildman–Crippen LogP) is 4.44. The molecule has 0 amide bonds. The monoisotopic (exact) mass is 407 g/mol. The zero-order chi connectivity index (χ0) is 19.8. The summed E-state index contributed by atoms with van der Waals surface area (Å²) in [5.74, 6) is 1.82. The van der Waals surface area contributed by atoms with Gasteiger partial charge in [-0.2, -0.15) is 5.10 Å². The SMILES string of the molecule is COc1ccc(CN(Cn2nc(-c3cccnc3)n(C3CC3)c2=S)C2CC2)cc1. The number of ether oxygens (including phenoxy) is 1. The van der Waals surface area contributed by atoms with Crippen LogP contribution >= 0.6 is 12.2 Å². The molecule has 0 unspecified atom stereocenters. The van der Waals surface area contributed by atoms with Gasteiger partial charge in [-0.05, 0) is 67.7 Å². The maximum Gasteiger partial charge on any atom is 0.199 e. The van der Waals surface area contributed by atoms with Crippen LogP contribution in [0.1, 0.15) is 37.3 Å². The van der Waals surface area contributed by atoms with Crippen LogP contribution in [0.3, 0.4) is 0 Å². The standard InChI is InChI=1S/C22H25N5OS/c1-28-20-10-4-16(5-11-20)14-25(18-6-7-18)15-26-22(29)27(19-8-9-19)21(24-26)17-3-2-12-23-13-17/h2-5,10-13,18-19H,6-9,14-15H2,1H3. The smallest absolute Gasteiger partial charge is 0.199 e. The molecule has 5 rings (SSSR count). The number of hydrogen-bond acceptors (Lipinski definition) is 5. The number of nitrogens with zero attached hydrogens (tertiary/aromatic N) is 5. The van der Waals surface area contributed by atoms with Crippen LogP contribution in [0.15, 0.2) is 48.8 Å². The maximum absolute atomic E-state index is 5.85. The lowest BCUT2D eigenvalue weighted by Gasteiger charge is -2.22. The quantitative estimate of drug-likeness (QED) is 0.517. The van der Waals surface area contributed by atoms with Crippen LogP contribution < -0.4 is 4.74 Å². The fraction of sp³-hybridized carbons (Fsp3) is 0.409. The van der Waals surface area contributed by atoms with E-state index in [1.165, 1.54) is 31.2 Å². The fourth-order valence-electron chi connectivity index (χ4n) is 3.74. The van der Waals surface area contributed by atoms with E-state index in [0.717, 1.165) is 28.5 Å². The molecule has 2 aliphatic rings. The van der Waals surface area contributed by atoms with Crippen molar-refractivity contribution in [3.63, 3.8) is 0 Å². The molecule has 29 heavy (non-hydrogen) atoms. The number of pyridine rings is 1. The Hall–Kier alpha value is -2.51. The van der Waals surface area contributed by atoms with E-state index in [4.69, 9.17) is 22.1 Å². The van der Waals surface area contributed by atoms with Gasteiger partial charge in [-0.15, -0.1) is 0 Å². The lowest BCUT2D eigenvalue weighted by Crippen LogP contribution is -2.29. The second kappa shape index (κ2) is 7.72. The molecule has 0 saturated heterocycles. The number of methoxy groups -OCH3 is 1. The highest BCUT2D eigenvalue weighted by molar-refractivity contribution is 7.71. The van der Waals surface area contributed by atoms with Gasteiger partial charge in [0.15, 0.2) is 10.6 Å². The minimum Gasteiger partial charge on any atom is -0.497 e. The molecule has 0 radical (unpaired) electrons. The normalized spacial score (nSPS) is 16.3. The van der Waals surface area contributed by atoms with Crippen molar-refractivity contribution in [3.05, 3.63) is 59.1 Å². The van der Waals surface area contributed by atoms with Gasteiger partial charge in [0, 0.05) is 36.6 Å². The summed E-state index contributed by atoms with van der Waals surface area (Å²) in [6.45, 7) is 1.59. The van der Waals surface area contributed by atoms with Crippen LogP contribution in [-0.2, 0) is 13.2 Å². The minimum atomic E-state index is 0.474. The summed E-state index contributed by atoms with van der Waals surface area (Å²) in [7, 11) is 1.70. The van der Waals surface area contributed by atoms with Crippen molar-refractivity contribution in [1.29, 1.82) is 0 Å².